The van der Waals surface area contributed by atoms with E-state index in [1.807, 2.05) is 34.9 Å². The highest BCUT2D eigenvalue weighted by molar-refractivity contribution is 5.67. The predicted octanol–water partition coefficient (Wildman–Crippen LogP) is 3.36. The first-order chi connectivity index (χ1) is 10.3. The highest BCUT2D eigenvalue weighted by atomic mass is 16.3. The standard InChI is InChI=1S/C16H11N3O2/c20-14-3-1-2-11(8-14)16-18-17-15-5-4-12(9-19(15)16)13-6-7-21-10-13/h1-10,20H. The largest absolute Gasteiger partial charge is 0.508 e. The van der Waals surface area contributed by atoms with Crippen molar-refractivity contribution in [1.82, 2.24) is 14.6 Å². The summed E-state index contributed by atoms with van der Waals surface area (Å²) in [5, 5.41) is 18.0. The van der Waals surface area contributed by atoms with Crippen LogP contribution in [0.1, 0.15) is 0 Å². The molecule has 1 N–H and O–H groups in total. The normalized spacial score (nSPS) is 11.0. The van der Waals surface area contributed by atoms with Crippen LogP contribution in [0.5, 0.6) is 5.75 Å². The molecule has 4 rings (SSSR count). The van der Waals surface area contributed by atoms with Gasteiger partial charge in [0.2, 0.25) is 0 Å². The number of pyridine rings is 1. The molecule has 5 heteroatoms. The third kappa shape index (κ3) is 1.95. The van der Waals surface area contributed by atoms with Crippen molar-refractivity contribution in [2.75, 3.05) is 0 Å². The lowest BCUT2D eigenvalue weighted by Gasteiger charge is -2.03. The predicted molar refractivity (Wildman–Crippen MR) is 77.8 cm³/mol. The minimum Gasteiger partial charge on any atom is -0.508 e. The number of hydrogen-bond donors (Lipinski definition) is 1. The van der Waals surface area contributed by atoms with E-state index in [-0.39, 0.29) is 5.75 Å². The molecular weight excluding hydrogens is 266 g/mol. The quantitative estimate of drug-likeness (QED) is 0.610. The Kier molecular flexibility index (Phi) is 2.50. The maximum atomic E-state index is 9.62. The van der Waals surface area contributed by atoms with E-state index in [4.69, 9.17) is 4.42 Å². The van der Waals surface area contributed by atoms with Crippen LogP contribution in [0.25, 0.3) is 28.2 Å². The summed E-state index contributed by atoms with van der Waals surface area (Å²) in [6.45, 7) is 0. The van der Waals surface area contributed by atoms with Gasteiger partial charge in [0.15, 0.2) is 11.5 Å². The second-order valence-electron chi connectivity index (χ2n) is 4.73. The number of rotatable bonds is 2. The average Bonchev–Trinajstić information content (AvgIpc) is 3.16. The second-order valence-corrected chi connectivity index (χ2v) is 4.73. The molecule has 0 aliphatic rings. The number of fused-ring (bicyclic) bond motifs is 1. The Hall–Kier alpha value is -3.08. The summed E-state index contributed by atoms with van der Waals surface area (Å²) in [7, 11) is 0. The molecule has 5 nitrogen and oxygen atoms in total. The maximum absolute atomic E-state index is 9.62. The molecular formula is C16H11N3O2. The van der Waals surface area contributed by atoms with Gasteiger partial charge in [0.25, 0.3) is 0 Å². The number of furan rings is 1. The van der Waals surface area contributed by atoms with Crippen molar-refractivity contribution in [2.45, 2.75) is 0 Å². The molecule has 1 aromatic carbocycles. The summed E-state index contributed by atoms with van der Waals surface area (Å²) in [6, 6.07) is 12.7. The number of benzene rings is 1. The third-order valence-corrected chi connectivity index (χ3v) is 3.36. The number of hydrogen-bond acceptors (Lipinski definition) is 4. The van der Waals surface area contributed by atoms with Gasteiger partial charge in [-0.15, -0.1) is 10.2 Å². The van der Waals surface area contributed by atoms with Gasteiger partial charge in [-0.1, -0.05) is 12.1 Å². The second kappa shape index (κ2) is 4.49. The summed E-state index contributed by atoms with van der Waals surface area (Å²) in [4.78, 5) is 0. The Morgan fingerprint density at radius 2 is 1.90 bits per heavy atom. The zero-order chi connectivity index (χ0) is 14.2. The zero-order valence-electron chi connectivity index (χ0n) is 11.0. The molecule has 21 heavy (non-hydrogen) atoms. The number of aromatic hydroxyl groups is 1. The fraction of sp³-hybridized carbons (Fsp3) is 0. The smallest absolute Gasteiger partial charge is 0.168 e. The van der Waals surface area contributed by atoms with Gasteiger partial charge in [-0.2, -0.15) is 0 Å². The maximum Gasteiger partial charge on any atom is 0.168 e. The van der Waals surface area contributed by atoms with Crippen molar-refractivity contribution < 1.29 is 9.52 Å². The molecule has 0 radical (unpaired) electrons. The SMILES string of the molecule is Oc1cccc(-c2nnc3ccc(-c4ccoc4)cn23)c1. The van der Waals surface area contributed by atoms with Crippen LogP contribution in [0.2, 0.25) is 0 Å². The molecule has 3 heterocycles. The molecule has 0 bridgehead atoms. The van der Waals surface area contributed by atoms with Crippen LogP contribution in [-0.2, 0) is 0 Å². The van der Waals surface area contributed by atoms with Crippen LogP contribution in [0.4, 0.5) is 0 Å². The van der Waals surface area contributed by atoms with E-state index in [9.17, 15) is 5.11 Å². The van der Waals surface area contributed by atoms with Gasteiger partial charge in [0.05, 0.1) is 12.5 Å². The molecule has 0 amide bonds. The number of aromatic nitrogens is 3. The summed E-state index contributed by atoms with van der Waals surface area (Å²) in [6.07, 6.45) is 5.29. The molecule has 0 atom stereocenters. The first kappa shape index (κ1) is 11.7. The fourth-order valence-corrected chi connectivity index (χ4v) is 2.33. The zero-order valence-corrected chi connectivity index (χ0v) is 11.0. The number of phenolic OH excluding ortho intramolecular Hbond substituents is 1. The highest BCUT2D eigenvalue weighted by Gasteiger charge is 2.10. The van der Waals surface area contributed by atoms with Gasteiger partial charge >= 0.3 is 0 Å². The van der Waals surface area contributed by atoms with E-state index in [2.05, 4.69) is 10.2 Å². The van der Waals surface area contributed by atoms with Crippen molar-refractivity contribution in [1.29, 1.82) is 0 Å². The lowest BCUT2D eigenvalue weighted by Crippen LogP contribution is -1.90. The van der Waals surface area contributed by atoms with E-state index in [1.165, 1.54) is 0 Å². The molecule has 0 saturated heterocycles. The number of phenols is 1. The van der Waals surface area contributed by atoms with Crippen LogP contribution in [0.3, 0.4) is 0 Å². The minimum atomic E-state index is 0.204. The van der Waals surface area contributed by atoms with Crippen LogP contribution in [0, 0.1) is 0 Å². The van der Waals surface area contributed by atoms with Gasteiger partial charge < -0.3 is 9.52 Å². The minimum absolute atomic E-state index is 0.204. The molecule has 102 valence electrons. The van der Waals surface area contributed by atoms with E-state index < -0.39 is 0 Å². The van der Waals surface area contributed by atoms with E-state index >= 15 is 0 Å². The summed E-state index contributed by atoms with van der Waals surface area (Å²) < 4.78 is 7.02. The Bertz CT molecular complexity index is 910. The van der Waals surface area contributed by atoms with Gasteiger partial charge in [0, 0.05) is 22.9 Å². The monoisotopic (exact) mass is 277 g/mol. The molecule has 0 aliphatic heterocycles. The van der Waals surface area contributed by atoms with Crippen LogP contribution in [0.15, 0.2) is 65.6 Å². The summed E-state index contributed by atoms with van der Waals surface area (Å²) in [5.74, 6) is 0.890. The van der Waals surface area contributed by atoms with E-state index in [0.717, 1.165) is 22.3 Å². The van der Waals surface area contributed by atoms with Gasteiger partial charge in [-0.3, -0.25) is 4.40 Å². The molecule has 0 saturated carbocycles. The van der Waals surface area contributed by atoms with Crippen molar-refractivity contribution in [3.63, 3.8) is 0 Å². The average molecular weight is 277 g/mol. The van der Waals surface area contributed by atoms with Crippen LogP contribution in [-0.4, -0.2) is 19.7 Å². The Balaban J connectivity index is 1.92. The lowest BCUT2D eigenvalue weighted by molar-refractivity contribution is 0.475. The van der Waals surface area contributed by atoms with Crippen molar-refractivity contribution in [3.05, 3.63) is 61.2 Å². The topological polar surface area (TPSA) is 63.6 Å². The lowest BCUT2D eigenvalue weighted by atomic mass is 10.1. The third-order valence-electron chi connectivity index (χ3n) is 3.36. The molecule has 3 aromatic heterocycles. The molecule has 0 spiro atoms. The fourth-order valence-electron chi connectivity index (χ4n) is 2.33. The van der Waals surface area contributed by atoms with Crippen molar-refractivity contribution in [3.8, 4) is 28.3 Å². The Morgan fingerprint density at radius 3 is 2.71 bits per heavy atom. The molecule has 4 aromatic rings. The Labute approximate surface area is 120 Å². The van der Waals surface area contributed by atoms with Crippen LogP contribution < -0.4 is 0 Å². The highest BCUT2D eigenvalue weighted by Crippen LogP contribution is 2.25. The van der Waals surface area contributed by atoms with Crippen molar-refractivity contribution >= 4 is 5.65 Å². The first-order valence-corrected chi connectivity index (χ1v) is 6.48. The van der Waals surface area contributed by atoms with E-state index in [0.29, 0.717) is 5.82 Å². The molecule has 0 unspecified atom stereocenters. The van der Waals surface area contributed by atoms with Crippen molar-refractivity contribution in [2.24, 2.45) is 0 Å². The van der Waals surface area contributed by atoms with Gasteiger partial charge in [-0.05, 0) is 30.3 Å². The first-order valence-electron chi connectivity index (χ1n) is 6.48. The number of nitrogens with zero attached hydrogens (tertiary/aromatic N) is 3. The summed E-state index contributed by atoms with van der Waals surface area (Å²) in [5.41, 5.74) is 3.57. The Morgan fingerprint density at radius 1 is 0.952 bits per heavy atom. The van der Waals surface area contributed by atoms with E-state index in [1.54, 1.807) is 30.7 Å². The van der Waals surface area contributed by atoms with Gasteiger partial charge in [-0.25, -0.2) is 0 Å². The molecule has 0 aliphatic carbocycles. The van der Waals surface area contributed by atoms with Gasteiger partial charge in [0.1, 0.15) is 5.75 Å². The van der Waals surface area contributed by atoms with Crippen LogP contribution >= 0.6 is 0 Å². The molecule has 0 fully saturated rings. The summed E-state index contributed by atoms with van der Waals surface area (Å²) >= 11 is 0.